The van der Waals surface area contributed by atoms with E-state index in [-0.39, 0.29) is 12.1 Å². The van der Waals surface area contributed by atoms with Crippen LogP contribution in [0.2, 0.25) is 5.02 Å². The Hall–Kier alpha value is -3.50. The molecule has 0 fully saturated rings. The van der Waals surface area contributed by atoms with Gasteiger partial charge in [-0.1, -0.05) is 67.1 Å². The normalized spacial score (nSPS) is 14.9. The molecule has 3 aromatic carbocycles. The van der Waals surface area contributed by atoms with Crippen molar-refractivity contribution >= 4 is 23.3 Å². The number of nitrogens with zero attached hydrogens (tertiary/aromatic N) is 2. The van der Waals surface area contributed by atoms with Crippen LogP contribution in [0.3, 0.4) is 0 Å². The Labute approximate surface area is 193 Å². The van der Waals surface area contributed by atoms with Crippen molar-refractivity contribution < 1.29 is 4.79 Å². The maximum absolute atomic E-state index is 13.8. The van der Waals surface area contributed by atoms with Crippen molar-refractivity contribution in [3.05, 3.63) is 119 Å². The van der Waals surface area contributed by atoms with Gasteiger partial charge in [-0.2, -0.15) is 0 Å². The lowest BCUT2D eigenvalue weighted by Crippen LogP contribution is -2.38. The Balaban J connectivity index is 1.63. The zero-order valence-electron chi connectivity index (χ0n) is 17.8. The van der Waals surface area contributed by atoms with Gasteiger partial charge in [-0.25, -0.2) is 4.79 Å². The number of carbonyl (C=O) groups excluding carboxylic acids is 1. The van der Waals surface area contributed by atoms with Gasteiger partial charge >= 0.3 is 6.03 Å². The summed E-state index contributed by atoms with van der Waals surface area (Å²) >= 11 is 6.18. The van der Waals surface area contributed by atoms with Crippen molar-refractivity contribution in [3.8, 4) is 5.69 Å². The van der Waals surface area contributed by atoms with Gasteiger partial charge in [0.05, 0.1) is 18.3 Å². The fraction of sp³-hybridized carbons (Fsp3) is 0.148. The molecule has 0 saturated heterocycles. The van der Waals surface area contributed by atoms with E-state index in [1.54, 1.807) is 0 Å². The van der Waals surface area contributed by atoms with Crippen LogP contribution in [0.15, 0.2) is 91.1 Å². The first kappa shape index (κ1) is 20.4. The number of hydrogen-bond acceptors (Lipinski definition) is 1. The molecule has 0 aliphatic carbocycles. The quantitative estimate of drug-likeness (QED) is 0.371. The molecule has 160 valence electrons. The van der Waals surface area contributed by atoms with Gasteiger partial charge in [-0.05, 0) is 59.5 Å². The van der Waals surface area contributed by atoms with Crippen LogP contribution in [0, 0.1) is 0 Å². The second-order valence-electron chi connectivity index (χ2n) is 7.95. The van der Waals surface area contributed by atoms with E-state index in [2.05, 4.69) is 47.3 Å². The highest BCUT2D eigenvalue weighted by Crippen LogP contribution is 2.37. The SMILES string of the molecule is CCc1ccccc1NC(=O)N1Cc2ccccc2-n2cccc2[C@H]1c1ccc(Cl)cc1. The summed E-state index contributed by atoms with van der Waals surface area (Å²) in [5, 5.41) is 3.85. The third-order valence-electron chi connectivity index (χ3n) is 6.05. The molecule has 1 aliphatic rings. The van der Waals surface area contributed by atoms with Gasteiger partial charge in [-0.3, -0.25) is 0 Å². The topological polar surface area (TPSA) is 37.3 Å². The Morgan fingerprint density at radius 2 is 1.72 bits per heavy atom. The number of fused-ring (bicyclic) bond motifs is 3. The molecular formula is C27H24ClN3O. The Bertz CT molecular complexity index is 1260. The Morgan fingerprint density at radius 1 is 0.969 bits per heavy atom. The molecule has 1 N–H and O–H groups in total. The minimum absolute atomic E-state index is 0.129. The molecule has 5 heteroatoms. The smallest absolute Gasteiger partial charge is 0.318 e. The molecule has 0 radical (unpaired) electrons. The number of nitrogens with one attached hydrogen (secondary N) is 1. The van der Waals surface area contributed by atoms with Gasteiger partial charge < -0.3 is 14.8 Å². The van der Waals surface area contributed by atoms with E-state index in [0.29, 0.717) is 11.6 Å². The molecule has 0 unspecified atom stereocenters. The summed E-state index contributed by atoms with van der Waals surface area (Å²) in [5.41, 5.74) is 6.21. The van der Waals surface area contributed by atoms with E-state index in [9.17, 15) is 4.79 Å². The van der Waals surface area contributed by atoms with Crippen LogP contribution in [-0.4, -0.2) is 15.5 Å². The highest BCUT2D eigenvalue weighted by Gasteiger charge is 2.33. The molecule has 4 aromatic rings. The van der Waals surface area contributed by atoms with Gasteiger partial charge in [0.15, 0.2) is 0 Å². The molecule has 0 bridgehead atoms. The minimum atomic E-state index is -0.261. The summed E-state index contributed by atoms with van der Waals surface area (Å²) in [6, 6.07) is 27.7. The van der Waals surface area contributed by atoms with Crippen molar-refractivity contribution in [2.24, 2.45) is 0 Å². The van der Waals surface area contributed by atoms with E-state index in [0.717, 1.165) is 40.2 Å². The zero-order chi connectivity index (χ0) is 22.1. The highest BCUT2D eigenvalue weighted by atomic mass is 35.5. The molecule has 1 aromatic heterocycles. The largest absolute Gasteiger partial charge is 0.322 e. The lowest BCUT2D eigenvalue weighted by Gasteiger charge is -2.31. The molecule has 0 saturated carbocycles. The number of carbonyl (C=O) groups is 1. The molecule has 2 amide bonds. The summed E-state index contributed by atoms with van der Waals surface area (Å²) in [6.07, 6.45) is 2.91. The minimum Gasteiger partial charge on any atom is -0.318 e. The van der Waals surface area contributed by atoms with Gasteiger partial charge in [-0.15, -0.1) is 0 Å². The van der Waals surface area contributed by atoms with Crippen LogP contribution in [0.4, 0.5) is 10.5 Å². The number of rotatable bonds is 3. The van der Waals surface area contributed by atoms with E-state index in [4.69, 9.17) is 11.6 Å². The first-order valence-corrected chi connectivity index (χ1v) is 11.2. The van der Waals surface area contributed by atoms with Crippen molar-refractivity contribution in [1.82, 2.24) is 9.47 Å². The monoisotopic (exact) mass is 441 g/mol. The number of benzene rings is 3. The van der Waals surface area contributed by atoms with Crippen molar-refractivity contribution in [2.45, 2.75) is 25.9 Å². The number of aryl methyl sites for hydroxylation is 1. The number of urea groups is 1. The summed E-state index contributed by atoms with van der Waals surface area (Å²) in [5.74, 6) is 0. The second kappa shape index (κ2) is 8.56. The second-order valence-corrected chi connectivity index (χ2v) is 8.39. The molecule has 1 aliphatic heterocycles. The van der Waals surface area contributed by atoms with Crippen LogP contribution >= 0.6 is 11.6 Å². The molecule has 0 spiro atoms. The van der Waals surface area contributed by atoms with Crippen LogP contribution in [-0.2, 0) is 13.0 Å². The lowest BCUT2D eigenvalue weighted by atomic mass is 10.0. The molecule has 1 atom stereocenters. The van der Waals surface area contributed by atoms with Crippen LogP contribution in [0.5, 0.6) is 0 Å². The van der Waals surface area contributed by atoms with Gasteiger partial charge in [0, 0.05) is 22.6 Å². The average molecular weight is 442 g/mol. The molecule has 5 rings (SSSR count). The molecular weight excluding hydrogens is 418 g/mol. The Morgan fingerprint density at radius 3 is 2.53 bits per heavy atom. The first-order valence-electron chi connectivity index (χ1n) is 10.8. The van der Waals surface area contributed by atoms with Crippen LogP contribution < -0.4 is 5.32 Å². The number of anilines is 1. The number of aromatic nitrogens is 1. The summed E-state index contributed by atoms with van der Waals surface area (Å²) in [7, 11) is 0. The molecule has 2 heterocycles. The van der Waals surface area contributed by atoms with E-state index in [1.165, 1.54) is 0 Å². The molecule has 32 heavy (non-hydrogen) atoms. The van der Waals surface area contributed by atoms with E-state index in [1.807, 2.05) is 65.6 Å². The Kier molecular flexibility index (Phi) is 5.46. The number of halogens is 1. The van der Waals surface area contributed by atoms with Crippen molar-refractivity contribution in [1.29, 1.82) is 0 Å². The number of amides is 2. The maximum Gasteiger partial charge on any atom is 0.322 e. The van der Waals surface area contributed by atoms with Crippen molar-refractivity contribution in [3.63, 3.8) is 0 Å². The van der Waals surface area contributed by atoms with Gasteiger partial charge in [0.1, 0.15) is 0 Å². The van der Waals surface area contributed by atoms with E-state index < -0.39 is 0 Å². The fourth-order valence-corrected chi connectivity index (χ4v) is 4.60. The summed E-state index contributed by atoms with van der Waals surface area (Å²) < 4.78 is 2.18. The maximum atomic E-state index is 13.8. The van der Waals surface area contributed by atoms with Crippen LogP contribution in [0.25, 0.3) is 5.69 Å². The lowest BCUT2D eigenvalue weighted by molar-refractivity contribution is 0.194. The highest BCUT2D eigenvalue weighted by molar-refractivity contribution is 6.30. The fourth-order valence-electron chi connectivity index (χ4n) is 4.47. The summed E-state index contributed by atoms with van der Waals surface area (Å²) in [4.78, 5) is 15.7. The third-order valence-corrected chi connectivity index (χ3v) is 6.30. The molecule has 4 nitrogen and oxygen atoms in total. The number of hydrogen-bond donors (Lipinski definition) is 1. The number of para-hydroxylation sites is 2. The standard InChI is InChI=1S/C27H24ClN3O/c1-2-19-8-3-5-10-23(19)29-27(32)31-18-21-9-4-6-11-24(21)30-17-7-12-25(30)26(31)20-13-15-22(28)16-14-20/h3-17,26H,2,18H2,1H3,(H,29,32)/t26-/m1/s1. The van der Waals surface area contributed by atoms with E-state index >= 15 is 0 Å². The predicted octanol–water partition coefficient (Wildman–Crippen LogP) is 6.83. The van der Waals surface area contributed by atoms with Crippen LogP contribution in [0.1, 0.15) is 35.3 Å². The first-order chi connectivity index (χ1) is 15.7. The zero-order valence-corrected chi connectivity index (χ0v) is 18.6. The predicted molar refractivity (Wildman–Crippen MR) is 129 cm³/mol. The van der Waals surface area contributed by atoms with Gasteiger partial charge in [0.25, 0.3) is 0 Å². The average Bonchev–Trinajstić information content (AvgIpc) is 3.24. The third kappa shape index (κ3) is 3.67. The van der Waals surface area contributed by atoms with Crippen molar-refractivity contribution in [2.75, 3.05) is 5.32 Å². The summed E-state index contributed by atoms with van der Waals surface area (Å²) in [6.45, 7) is 2.59. The van der Waals surface area contributed by atoms with Gasteiger partial charge in [0.2, 0.25) is 0 Å².